The maximum absolute atomic E-state index is 16.1. The number of H-pyrrole nitrogens is 1. The third kappa shape index (κ3) is 5.55. The molecule has 0 aromatic carbocycles. The van der Waals surface area contributed by atoms with E-state index in [2.05, 4.69) is 40.1 Å². The number of imidazole rings is 2. The van der Waals surface area contributed by atoms with Crippen LogP contribution < -0.4 is 27.2 Å². The van der Waals surface area contributed by atoms with Gasteiger partial charge >= 0.3 is 0 Å². The number of ether oxygens (including phenoxy) is 2. The molecule has 9 N–H and O–H groups in total. The molecule has 3 fully saturated rings. The van der Waals surface area contributed by atoms with E-state index in [4.69, 9.17) is 53.6 Å². The number of alkyl halides is 2. The summed E-state index contributed by atoms with van der Waals surface area (Å²) >= 11 is 10.5. The van der Waals surface area contributed by atoms with Gasteiger partial charge in [-0.2, -0.15) is 4.98 Å². The van der Waals surface area contributed by atoms with Crippen LogP contribution in [0.4, 0.5) is 20.5 Å². The van der Waals surface area contributed by atoms with Crippen molar-refractivity contribution in [2.75, 3.05) is 24.7 Å². The van der Waals surface area contributed by atoms with Crippen molar-refractivity contribution in [2.24, 2.45) is 0 Å². The molecule has 242 valence electrons. The Morgan fingerprint density at radius 1 is 0.867 bits per heavy atom. The summed E-state index contributed by atoms with van der Waals surface area (Å²) in [7, 11) is 0. The number of aromatic nitrogens is 8. The van der Waals surface area contributed by atoms with Gasteiger partial charge in [0.1, 0.15) is 24.1 Å². The number of aromatic amines is 1. The van der Waals surface area contributed by atoms with Crippen LogP contribution in [0, 0.1) is 0 Å². The predicted octanol–water partition coefficient (Wildman–Crippen LogP) is -1.01. The third-order valence-electron chi connectivity index (χ3n) is 7.50. The first kappa shape index (κ1) is 31.0. The Bertz CT molecular complexity index is 1950. The van der Waals surface area contributed by atoms with E-state index in [-0.39, 0.29) is 34.1 Å². The van der Waals surface area contributed by atoms with Crippen molar-refractivity contribution in [3.05, 3.63) is 29.3 Å². The average Bonchev–Trinajstić information content (AvgIpc) is 3.72. The first-order chi connectivity index (χ1) is 21.3. The lowest BCUT2D eigenvalue weighted by molar-refractivity contribution is -0.0356. The summed E-state index contributed by atoms with van der Waals surface area (Å²) in [5, 5.41) is 5.19. The topological polar surface area (TPSA) is 261 Å². The average molecular weight is 709 g/mol. The second kappa shape index (κ2) is 11.2. The van der Waals surface area contributed by atoms with E-state index in [1.54, 1.807) is 0 Å². The highest BCUT2D eigenvalue weighted by Gasteiger charge is 2.52. The highest BCUT2D eigenvalue weighted by molar-refractivity contribution is 8.08. The standard InChI is InChI=1S/C20H24F2N12O7P2S2/c21-8-10-6(40-18(8)33-4-27-12-14(23)25-3-26-15(12)33)1-38-43(37,45)32-11-7(2-39-42(36,44)31-10)41-19(9(11)22)34-5-28-13-16(34)29-20(24)30-17(13)35/h3-11,18-19H,1-2H2,(H2,23,25,26)(H2,31,36,44)(H2,32,37,45)(H3,24,29,30,35)/t6-,7+,8-,9-,10-,11-,18-,19+,42?,43?/m1/s1. The molecule has 7 heterocycles. The summed E-state index contributed by atoms with van der Waals surface area (Å²) in [5.74, 6) is -0.162. The van der Waals surface area contributed by atoms with Gasteiger partial charge in [0.25, 0.3) is 18.8 Å². The maximum Gasteiger partial charge on any atom is 0.280 e. The van der Waals surface area contributed by atoms with Gasteiger partial charge in [0.05, 0.1) is 38.0 Å². The second-order valence-corrected chi connectivity index (χ2v) is 16.4. The molecule has 45 heavy (non-hydrogen) atoms. The molecule has 3 saturated heterocycles. The molecular formula is C20H24F2N12O7P2S2. The molecule has 0 spiro atoms. The third-order valence-corrected chi connectivity index (χ3v) is 11.0. The smallest absolute Gasteiger partial charge is 0.280 e. The highest BCUT2D eigenvalue weighted by Crippen LogP contribution is 2.48. The molecular weight excluding hydrogens is 684 g/mol. The summed E-state index contributed by atoms with van der Waals surface area (Å²) < 4.78 is 57.6. The molecule has 25 heteroatoms. The van der Waals surface area contributed by atoms with Crippen molar-refractivity contribution in [3.63, 3.8) is 0 Å². The lowest BCUT2D eigenvalue weighted by atomic mass is 10.1. The Kier molecular flexibility index (Phi) is 7.74. The van der Waals surface area contributed by atoms with Gasteiger partial charge in [0, 0.05) is 0 Å². The minimum absolute atomic E-state index is 0.0657. The Morgan fingerprint density at radius 2 is 1.40 bits per heavy atom. The minimum Gasteiger partial charge on any atom is -0.382 e. The molecule has 19 nitrogen and oxygen atoms in total. The number of nitrogens with zero attached hydrogens (tertiary/aromatic N) is 7. The van der Waals surface area contributed by atoms with Gasteiger partial charge in [-0.25, -0.2) is 38.9 Å². The van der Waals surface area contributed by atoms with Gasteiger partial charge in [-0.05, 0) is 23.6 Å². The predicted molar refractivity (Wildman–Crippen MR) is 159 cm³/mol. The molecule has 3 aliphatic rings. The van der Waals surface area contributed by atoms with Gasteiger partial charge < -0.3 is 39.8 Å². The summed E-state index contributed by atoms with van der Waals surface area (Å²) in [6, 6.07) is -2.70. The van der Waals surface area contributed by atoms with Crippen molar-refractivity contribution in [2.45, 2.75) is 49.1 Å². The van der Waals surface area contributed by atoms with Gasteiger partial charge in [0.15, 0.2) is 47.4 Å². The number of nitrogen functional groups attached to an aromatic ring is 2. The number of nitrogens with two attached hydrogens (primary N) is 2. The van der Waals surface area contributed by atoms with Crippen molar-refractivity contribution in [3.8, 4) is 0 Å². The van der Waals surface area contributed by atoms with Crippen LogP contribution in [0.5, 0.6) is 0 Å². The highest BCUT2D eigenvalue weighted by atomic mass is 32.5. The van der Waals surface area contributed by atoms with Crippen molar-refractivity contribution >= 4 is 71.0 Å². The fourth-order valence-electron chi connectivity index (χ4n) is 5.46. The van der Waals surface area contributed by atoms with Crippen LogP contribution in [-0.2, 0) is 42.1 Å². The lowest BCUT2D eigenvalue weighted by Gasteiger charge is -2.31. The number of hydrogen-bond donors (Lipinski definition) is 7. The Balaban J connectivity index is 1.17. The van der Waals surface area contributed by atoms with Gasteiger partial charge in [-0.3, -0.25) is 18.9 Å². The maximum atomic E-state index is 16.1. The van der Waals surface area contributed by atoms with E-state index in [9.17, 15) is 14.6 Å². The number of anilines is 2. The van der Waals surface area contributed by atoms with Crippen LogP contribution in [0.3, 0.4) is 0 Å². The molecule has 0 radical (unpaired) electrons. The van der Waals surface area contributed by atoms with Crippen molar-refractivity contribution in [1.82, 2.24) is 49.2 Å². The van der Waals surface area contributed by atoms with Crippen LogP contribution in [0.15, 0.2) is 23.8 Å². The minimum atomic E-state index is -4.01. The zero-order valence-electron chi connectivity index (χ0n) is 22.5. The zero-order valence-corrected chi connectivity index (χ0v) is 25.9. The first-order valence-electron chi connectivity index (χ1n) is 13.1. The summed E-state index contributed by atoms with van der Waals surface area (Å²) in [6.07, 6.45) is -5.48. The molecule has 2 unspecified atom stereocenters. The van der Waals surface area contributed by atoms with Gasteiger partial charge in [-0.15, -0.1) is 0 Å². The Labute approximate surface area is 260 Å². The van der Waals surface area contributed by atoms with E-state index in [1.807, 2.05) is 0 Å². The van der Waals surface area contributed by atoms with E-state index >= 15 is 8.78 Å². The summed E-state index contributed by atoms with van der Waals surface area (Å²) in [5.41, 5.74) is 11.1. The number of nitrogens with one attached hydrogen (secondary N) is 3. The summed E-state index contributed by atoms with van der Waals surface area (Å²) in [4.78, 5) is 56.7. The van der Waals surface area contributed by atoms with E-state index < -0.39 is 81.1 Å². The van der Waals surface area contributed by atoms with E-state index in [0.29, 0.717) is 0 Å². The zero-order chi connectivity index (χ0) is 31.8. The fraction of sp³-hybridized carbons (Fsp3) is 0.500. The Hall–Kier alpha value is -2.66. The largest absolute Gasteiger partial charge is 0.382 e. The molecule has 0 bridgehead atoms. The van der Waals surface area contributed by atoms with E-state index in [0.717, 1.165) is 10.9 Å². The fourth-order valence-corrected chi connectivity index (χ4v) is 8.77. The number of hydrogen-bond acceptors (Lipinski definition) is 14. The molecule has 0 amide bonds. The SMILES string of the molecule is Nc1nc2c(ncn2[C@H]2O[C@H]3COP(O)(=S)N[C@H]4[C@@H](F)[C@H](n5cnc6c(N)ncnc65)O[C@@H]4COP(O)(=S)N[C@H]3[C@H]2F)c(=O)[nH]1. The van der Waals surface area contributed by atoms with Crippen molar-refractivity contribution < 1.29 is 37.1 Å². The molecule has 0 saturated carbocycles. The van der Waals surface area contributed by atoms with Gasteiger partial charge in [0.2, 0.25) is 5.95 Å². The van der Waals surface area contributed by atoms with Gasteiger partial charge in [-0.1, -0.05) is 0 Å². The van der Waals surface area contributed by atoms with Crippen LogP contribution in [0.2, 0.25) is 0 Å². The van der Waals surface area contributed by atoms with E-state index in [1.165, 1.54) is 17.2 Å². The number of rotatable bonds is 2. The molecule has 4 aromatic rings. The summed E-state index contributed by atoms with van der Waals surface area (Å²) in [6.45, 7) is -9.06. The number of halogens is 2. The van der Waals surface area contributed by atoms with Crippen LogP contribution in [0.25, 0.3) is 22.3 Å². The number of fused-ring (bicyclic) bond motifs is 4. The monoisotopic (exact) mass is 708 g/mol. The van der Waals surface area contributed by atoms with Crippen molar-refractivity contribution in [1.29, 1.82) is 0 Å². The van der Waals surface area contributed by atoms with Crippen LogP contribution in [-0.4, -0.2) is 98.7 Å². The second-order valence-electron chi connectivity index (χ2n) is 10.3. The van der Waals surface area contributed by atoms with Crippen LogP contribution in [0.1, 0.15) is 12.5 Å². The quantitative estimate of drug-likeness (QED) is 0.123. The molecule has 4 aromatic heterocycles. The molecule has 10 atom stereocenters. The molecule has 0 aliphatic carbocycles. The first-order valence-corrected chi connectivity index (χ1v) is 18.4. The molecule has 3 aliphatic heterocycles. The Morgan fingerprint density at radius 3 is 1.98 bits per heavy atom. The lowest BCUT2D eigenvalue weighted by Crippen LogP contribution is -2.46. The van der Waals surface area contributed by atoms with Crippen LogP contribution >= 0.6 is 13.3 Å². The molecule has 7 rings (SSSR count). The normalized spacial score (nSPS) is 37.7.